The second-order valence-corrected chi connectivity index (χ2v) is 14.1. The normalized spacial score (nSPS) is 14.0. The van der Waals surface area contributed by atoms with E-state index < -0.39 is 16.9 Å². The molecule has 3 heterocycles. The number of nitro benzene ring substituents is 1. The summed E-state index contributed by atoms with van der Waals surface area (Å²) in [5.41, 5.74) is 5.64. The second kappa shape index (κ2) is 15.1. The van der Waals surface area contributed by atoms with Crippen molar-refractivity contribution >= 4 is 45.0 Å². The van der Waals surface area contributed by atoms with Gasteiger partial charge in [0.05, 0.1) is 59.0 Å². The molecule has 0 saturated carbocycles. The van der Waals surface area contributed by atoms with Crippen LogP contribution in [0.4, 0.5) is 5.69 Å². The molecule has 0 saturated heterocycles. The number of fused-ring (bicyclic) bond motifs is 1. The van der Waals surface area contributed by atoms with Gasteiger partial charge in [-0.15, -0.1) is 0 Å². The van der Waals surface area contributed by atoms with E-state index in [0.29, 0.717) is 42.3 Å². The number of hydrogen-bond donors (Lipinski definition) is 0. The first-order chi connectivity index (χ1) is 26.1. The third-order valence-electron chi connectivity index (χ3n) is 9.07. The van der Waals surface area contributed by atoms with E-state index in [1.165, 1.54) is 42.3 Å². The highest BCUT2D eigenvalue weighted by Crippen LogP contribution is 2.41. The number of methoxy groups -OCH3 is 2. The van der Waals surface area contributed by atoms with Crippen molar-refractivity contribution in [3.63, 3.8) is 0 Å². The zero-order valence-corrected chi connectivity index (χ0v) is 32.0. The molecular weight excluding hydrogens is 772 g/mol. The number of halogens is 1. The molecule has 6 aromatic rings. The van der Waals surface area contributed by atoms with Crippen LogP contribution in [0.15, 0.2) is 129 Å². The van der Waals surface area contributed by atoms with Crippen LogP contribution in [0.2, 0.25) is 0 Å². The highest BCUT2D eigenvalue weighted by atomic mass is 79.9. The average molecular weight is 806 g/mol. The second-order valence-electron chi connectivity index (χ2n) is 12.2. The van der Waals surface area contributed by atoms with Gasteiger partial charge in [-0.1, -0.05) is 87.9 Å². The van der Waals surface area contributed by atoms with E-state index in [9.17, 15) is 19.7 Å². The number of benzene rings is 4. The molecule has 0 N–H and O–H groups in total. The van der Waals surface area contributed by atoms with Crippen LogP contribution in [0.1, 0.15) is 31.0 Å². The molecule has 0 unspecified atom stereocenters. The summed E-state index contributed by atoms with van der Waals surface area (Å²) >= 11 is 4.87. The molecule has 1 atom stereocenters. The summed E-state index contributed by atoms with van der Waals surface area (Å²) in [5.74, 6) is 0.307. The number of allylic oxidation sites excluding steroid dienone is 1. The smallest absolute Gasteiger partial charge is 0.338 e. The van der Waals surface area contributed by atoms with Crippen LogP contribution >= 0.6 is 27.3 Å². The van der Waals surface area contributed by atoms with Gasteiger partial charge in [0.15, 0.2) is 16.3 Å². The molecule has 4 aromatic carbocycles. The van der Waals surface area contributed by atoms with Crippen LogP contribution in [0.3, 0.4) is 0 Å². The van der Waals surface area contributed by atoms with Gasteiger partial charge < -0.3 is 18.8 Å². The fourth-order valence-corrected chi connectivity index (χ4v) is 8.23. The number of nitrogens with zero attached hydrogens (tertiary/aromatic N) is 4. The van der Waals surface area contributed by atoms with Crippen molar-refractivity contribution in [2.45, 2.75) is 19.9 Å². The van der Waals surface area contributed by atoms with E-state index in [0.717, 1.165) is 28.1 Å². The van der Waals surface area contributed by atoms with Crippen molar-refractivity contribution in [2.75, 3.05) is 20.8 Å². The first kappa shape index (κ1) is 36.3. The molecule has 0 fully saturated rings. The van der Waals surface area contributed by atoms with E-state index >= 15 is 0 Å². The summed E-state index contributed by atoms with van der Waals surface area (Å²) in [4.78, 5) is 44.7. The predicted molar refractivity (Wildman–Crippen MR) is 211 cm³/mol. The number of rotatable bonds is 10. The van der Waals surface area contributed by atoms with Crippen molar-refractivity contribution < 1.29 is 23.9 Å². The van der Waals surface area contributed by atoms with Gasteiger partial charge in [-0.05, 0) is 66.9 Å². The number of non-ortho nitro benzene ring substituents is 1. The van der Waals surface area contributed by atoms with Crippen molar-refractivity contribution in [3.05, 3.63) is 160 Å². The van der Waals surface area contributed by atoms with E-state index in [1.54, 1.807) is 38.1 Å². The molecule has 0 spiro atoms. The van der Waals surface area contributed by atoms with Crippen molar-refractivity contribution in [1.82, 2.24) is 9.13 Å². The molecule has 1 aliphatic rings. The highest BCUT2D eigenvalue weighted by Gasteiger charge is 2.35. The van der Waals surface area contributed by atoms with Crippen LogP contribution < -0.4 is 24.4 Å². The SMILES string of the molecule is CCOC(=O)C1=C(C)N=c2s/c(=C\c3cc(-c4ccccc4)n(-c4ccc([N+](=O)[O-])cc4)c3-c3ccccc3)c(=O)n2[C@@H]1c1cc(OC)c(OC)cc1Br. The Balaban J connectivity index is 1.52. The van der Waals surface area contributed by atoms with Crippen LogP contribution in [-0.2, 0) is 9.53 Å². The van der Waals surface area contributed by atoms with Crippen LogP contribution in [0, 0.1) is 10.1 Å². The molecular formula is C41H33BrN4O7S. The number of ether oxygens (including phenoxy) is 3. The lowest BCUT2D eigenvalue weighted by molar-refractivity contribution is -0.384. The standard InChI is InChI=1S/C41H33BrN4O7S/c1-5-53-40(48)36-24(2)43-41-45(38(36)30-22-33(51-3)34(52-4)23-31(30)42)39(47)35(54-41)21-27-20-32(25-12-8-6-9-13-25)44(37(27)26-14-10-7-11-15-26)28-16-18-29(19-17-28)46(49)50/h6-23,38H,5H2,1-4H3/b35-21-/t38-/m1/s1. The molecule has 1 aliphatic heterocycles. The highest BCUT2D eigenvalue weighted by molar-refractivity contribution is 9.10. The molecule has 0 aliphatic carbocycles. The number of carbonyl (C=O) groups excluding carboxylic acids is 1. The minimum atomic E-state index is -0.908. The fourth-order valence-electron chi connectivity index (χ4n) is 6.65. The van der Waals surface area contributed by atoms with E-state index in [4.69, 9.17) is 19.2 Å². The Kier molecular flexibility index (Phi) is 10.2. The minimum Gasteiger partial charge on any atom is -0.493 e. The maximum atomic E-state index is 14.8. The molecule has 2 aromatic heterocycles. The summed E-state index contributed by atoms with van der Waals surface area (Å²) in [5, 5.41) is 11.6. The number of nitro groups is 1. The number of carbonyl (C=O) groups is 1. The monoisotopic (exact) mass is 804 g/mol. The molecule has 13 heteroatoms. The zero-order chi connectivity index (χ0) is 38.1. The van der Waals surface area contributed by atoms with Gasteiger partial charge >= 0.3 is 5.97 Å². The third kappa shape index (κ3) is 6.56. The van der Waals surface area contributed by atoms with Crippen molar-refractivity contribution in [2.24, 2.45) is 4.99 Å². The van der Waals surface area contributed by atoms with Gasteiger partial charge in [-0.2, -0.15) is 0 Å². The molecule has 0 amide bonds. The van der Waals surface area contributed by atoms with Gasteiger partial charge in [-0.3, -0.25) is 19.5 Å². The van der Waals surface area contributed by atoms with Crippen LogP contribution in [0.5, 0.6) is 11.5 Å². The number of hydrogen-bond acceptors (Lipinski definition) is 9. The first-order valence-corrected chi connectivity index (χ1v) is 18.5. The van der Waals surface area contributed by atoms with Crippen molar-refractivity contribution in [1.29, 1.82) is 0 Å². The molecule has 0 bridgehead atoms. The van der Waals surface area contributed by atoms with Gasteiger partial charge in [-0.25, -0.2) is 9.79 Å². The zero-order valence-electron chi connectivity index (χ0n) is 29.6. The minimum absolute atomic E-state index is 0.0251. The lowest BCUT2D eigenvalue weighted by Gasteiger charge is -2.26. The number of thiazole rings is 1. The summed E-state index contributed by atoms with van der Waals surface area (Å²) in [6.07, 6.45) is 1.84. The Morgan fingerprint density at radius 2 is 1.57 bits per heavy atom. The first-order valence-electron chi connectivity index (χ1n) is 16.9. The molecule has 7 rings (SSSR count). The summed E-state index contributed by atoms with van der Waals surface area (Å²) in [7, 11) is 3.05. The van der Waals surface area contributed by atoms with Crippen LogP contribution in [-0.4, -0.2) is 40.9 Å². The van der Waals surface area contributed by atoms with Gasteiger partial charge in [0.25, 0.3) is 11.2 Å². The maximum absolute atomic E-state index is 14.8. The van der Waals surface area contributed by atoms with Gasteiger partial charge in [0.1, 0.15) is 0 Å². The Morgan fingerprint density at radius 3 is 2.19 bits per heavy atom. The lowest BCUT2D eigenvalue weighted by atomic mass is 9.95. The van der Waals surface area contributed by atoms with E-state index in [1.807, 2.05) is 77.4 Å². The molecule has 11 nitrogen and oxygen atoms in total. The Hall–Kier alpha value is -6.05. The Labute approximate surface area is 322 Å². The molecule has 272 valence electrons. The van der Waals surface area contributed by atoms with E-state index in [2.05, 4.69) is 15.9 Å². The van der Waals surface area contributed by atoms with E-state index in [-0.39, 0.29) is 23.4 Å². The third-order valence-corrected chi connectivity index (χ3v) is 10.7. The predicted octanol–water partition coefficient (Wildman–Crippen LogP) is 7.61. The quantitative estimate of drug-likeness (QED) is 0.0793. The summed E-state index contributed by atoms with van der Waals surface area (Å²) in [6.45, 7) is 3.59. The number of esters is 1. The molecule has 0 radical (unpaired) electrons. The largest absolute Gasteiger partial charge is 0.493 e. The van der Waals surface area contributed by atoms with Gasteiger partial charge in [0, 0.05) is 27.9 Å². The number of aromatic nitrogens is 2. The lowest BCUT2D eigenvalue weighted by Crippen LogP contribution is -2.40. The average Bonchev–Trinajstić information content (AvgIpc) is 3.71. The molecule has 54 heavy (non-hydrogen) atoms. The maximum Gasteiger partial charge on any atom is 0.338 e. The van der Waals surface area contributed by atoms with Crippen molar-refractivity contribution in [3.8, 4) is 39.7 Å². The fraction of sp³-hybridized carbons (Fsp3) is 0.146. The topological polar surface area (TPSA) is 127 Å². The summed E-state index contributed by atoms with van der Waals surface area (Å²) < 4.78 is 21.2. The Bertz CT molecular complexity index is 2630. The Morgan fingerprint density at radius 1 is 0.944 bits per heavy atom. The van der Waals surface area contributed by atoms with Gasteiger partial charge in [0.2, 0.25) is 0 Å². The van der Waals surface area contributed by atoms with Crippen LogP contribution in [0.25, 0.3) is 34.3 Å². The summed E-state index contributed by atoms with van der Waals surface area (Å²) in [6, 6.07) is 30.5.